The molecule has 0 bridgehead atoms. The zero-order chi connectivity index (χ0) is 20.5. The van der Waals surface area contributed by atoms with Gasteiger partial charge in [-0.3, -0.25) is 9.59 Å². The number of amides is 1. The summed E-state index contributed by atoms with van der Waals surface area (Å²) in [7, 11) is 0. The van der Waals surface area contributed by atoms with Gasteiger partial charge < -0.3 is 10.3 Å². The molecule has 3 aromatic heterocycles. The van der Waals surface area contributed by atoms with Crippen LogP contribution in [0.2, 0.25) is 0 Å². The number of thiophene rings is 2. The monoisotopic (exact) mass is 437 g/mol. The van der Waals surface area contributed by atoms with Gasteiger partial charge in [-0.2, -0.15) is 0 Å². The number of aryl methyl sites for hydroxylation is 3. The molecule has 2 N–H and O–H groups in total. The van der Waals surface area contributed by atoms with Crippen molar-refractivity contribution in [1.82, 2.24) is 15.3 Å². The summed E-state index contributed by atoms with van der Waals surface area (Å²) in [5, 5.41) is 7.20. The Morgan fingerprint density at radius 2 is 2.03 bits per heavy atom. The third kappa shape index (κ3) is 3.79. The fraction of sp³-hybridized carbons (Fsp3) is 0.348. The normalized spacial score (nSPS) is 13.6. The maximum Gasteiger partial charge on any atom is 0.259 e. The minimum atomic E-state index is -0.0563. The van der Waals surface area contributed by atoms with Crippen molar-refractivity contribution in [3.05, 3.63) is 61.8 Å². The van der Waals surface area contributed by atoms with Gasteiger partial charge in [-0.15, -0.1) is 22.7 Å². The molecule has 0 fully saturated rings. The van der Waals surface area contributed by atoms with Gasteiger partial charge in [-0.25, -0.2) is 4.98 Å². The fourth-order valence-corrected chi connectivity index (χ4v) is 6.49. The van der Waals surface area contributed by atoms with Crippen LogP contribution in [0.1, 0.15) is 41.1 Å². The molecule has 1 amide bonds. The molecule has 0 unspecified atom stereocenters. The summed E-state index contributed by atoms with van der Waals surface area (Å²) in [6.45, 7) is 0.611. The van der Waals surface area contributed by atoms with E-state index in [1.54, 1.807) is 22.7 Å². The lowest BCUT2D eigenvalue weighted by molar-refractivity contribution is -0.121. The van der Waals surface area contributed by atoms with Crippen LogP contribution in [0, 0.1) is 0 Å². The molecule has 154 valence electrons. The average Bonchev–Trinajstić information content (AvgIpc) is 3.34. The zero-order valence-corrected chi connectivity index (χ0v) is 18.3. The van der Waals surface area contributed by atoms with Gasteiger partial charge in [0.2, 0.25) is 5.91 Å². The Labute approximate surface area is 182 Å². The van der Waals surface area contributed by atoms with Crippen LogP contribution in [-0.2, 0) is 30.5 Å². The highest BCUT2D eigenvalue weighted by atomic mass is 32.1. The van der Waals surface area contributed by atoms with Gasteiger partial charge in [0, 0.05) is 29.0 Å². The number of carbonyl (C=O) groups excluding carboxylic acids is 1. The Bertz CT molecular complexity index is 1280. The van der Waals surface area contributed by atoms with E-state index in [0.29, 0.717) is 25.2 Å². The Kier molecular flexibility index (Phi) is 5.39. The first-order valence-electron chi connectivity index (χ1n) is 10.4. The average molecular weight is 438 g/mol. The number of nitrogens with zero attached hydrogens (tertiary/aromatic N) is 1. The van der Waals surface area contributed by atoms with Crippen molar-refractivity contribution in [1.29, 1.82) is 0 Å². The van der Waals surface area contributed by atoms with Crippen LogP contribution in [0.3, 0.4) is 0 Å². The lowest BCUT2D eigenvalue weighted by Crippen LogP contribution is -2.26. The van der Waals surface area contributed by atoms with Crippen molar-refractivity contribution in [2.24, 2.45) is 0 Å². The van der Waals surface area contributed by atoms with Crippen molar-refractivity contribution in [2.75, 3.05) is 6.54 Å². The molecule has 0 saturated carbocycles. The standard InChI is InChI=1S/C23H23N3O2S2/c27-20(24-12-11-14-13-29-17-7-3-1-5-15(14)17)10-9-19-25-22(28)21-16-6-2-4-8-18(16)30-23(21)26-19/h1,3,5,7,13H,2,4,6,8-12H2,(H,24,27)(H,25,26,28). The van der Waals surface area contributed by atoms with Crippen molar-refractivity contribution in [3.63, 3.8) is 0 Å². The number of carbonyl (C=O) groups is 1. The molecular weight excluding hydrogens is 414 g/mol. The molecule has 1 aliphatic carbocycles. The minimum absolute atomic E-state index is 0.0113. The van der Waals surface area contributed by atoms with E-state index in [0.717, 1.165) is 35.9 Å². The summed E-state index contributed by atoms with van der Waals surface area (Å²) >= 11 is 3.38. The van der Waals surface area contributed by atoms with Crippen molar-refractivity contribution in [2.45, 2.75) is 44.9 Å². The topological polar surface area (TPSA) is 74.8 Å². The number of hydrogen-bond acceptors (Lipinski definition) is 5. The van der Waals surface area contributed by atoms with Gasteiger partial charge in [-0.1, -0.05) is 18.2 Å². The van der Waals surface area contributed by atoms with Gasteiger partial charge >= 0.3 is 0 Å². The lowest BCUT2D eigenvalue weighted by Gasteiger charge is -2.09. The van der Waals surface area contributed by atoms with E-state index in [9.17, 15) is 9.59 Å². The number of H-pyrrole nitrogens is 1. The molecule has 1 aliphatic rings. The summed E-state index contributed by atoms with van der Waals surface area (Å²) in [6, 6.07) is 8.34. The Morgan fingerprint density at radius 1 is 1.17 bits per heavy atom. The third-order valence-electron chi connectivity index (χ3n) is 5.74. The maximum atomic E-state index is 12.6. The summed E-state index contributed by atoms with van der Waals surface area (Å²) in [6.07, 6.45) is 5.93. The largest absolute Gasteiger partial charge is 0.356 e. The van der Waals surface area contributed by atoms with Crippen LogP contribution in [0.4, 0.5) is 0 Å². The van der Waals surface area contributed by atoms with E-state index in [2.05, 4.69) is 32.8 Å². The highest BCUT2D eigenvalue weighted by Crippen LogP contribution is 2.33. The summed E-state index contributed by atoms with van der Waals surface area (Å²) in [4.78, 5) is 34.6. The summed E-state index contributed by atoms with van der Waals surface area (Å²) < 4.78 is 1.28. The van der Waals surface area contributed by atoms with E-state index in [1.165, 1.54) is 32.5 Å². The minimum Gasteiger partial charge on any atom is -0.356 e. The van der Waals surface area contributed by atoms with Gasteiger partial charge in [0.25, 0.3) is 5.56 Å². The molecule has 0 saturated heterocycles. The molecule has 4 aromatic rings. The molecule has 7 heteroatoms. The second kappa shape index (κ2) is 8.32. The SMILES string of the molecule is O=C(CCc1nc2sc3c(c2c(=O)[nH]1)CCCC3)NCCc1csc2ccccc12. The number of benzene rings is 1. The van der Waals surface area contributed by atoms with Crippen molar-refractivity contribution < 1.29 is 4.79 Å². The van der Waals surface area contributed by atoms with Gasteiger partial charge in [0.05, 0.1) is 5.39 Å². The van der Waals surface area contributed by atoms with E-state index < -0.39 is 0 Å². The first kappa shape index (κ1) is 19.5. The number of nitrogens with one attached hydrogen (secondary N) is 2. The second-order valence-electron chi connectivity index (χ2n) is 7.76. The fourth-order valence-electron chi connectivity index (χ4n) is 4.21. The smallest absolute Gasteiger partial charge is 0.259 e. The van der Waals surface area contributed by atoms with Crippen molar-refractivity contribution >= 4 is 48.9 Å². The van der Waals surface area contributed by atoms with Gasteiger partial charge in [0.1, 0.15) is 10.7 Å². The molecule has 0 spiro atoms. The predicted molar refractivity (Wildman–Crippen MR) is 124 cm³/mol. The molecule has 0 aliphatic heterocycles. The molecule has 5 rings (SSSR count). The summed E-state index contributed by atoms with van der Waals surface area (Å²) in [5.41, 5.74) is 2.41. The number of aromatic nitrogens is 2. The van der Waals surface area contributed by atoms with Gasteiger partial charge in [-0.05, 0) is 60.1 Å². The molecule has 0 atom stereocenters. The third-order valence-corrected chi connectivity index (χ3v) is 7.94. The molecule has 30 heavy (non-hydrogen) atoms. The van der Waals surface area contributed by atoms with E-state index in [4.69, 9.17) is 0 Å². The first-order chi connectivity index (χ1) is 14.7. The van der Waals surface area contributed by atoms with E-state index in [1.807, 2.05) is 12.1 Å². The number of rotatable bonds is 6. The van der Waals surface area contributed by atoms with Crippen molar-refractivity contribution in [3.8, 4) is 0 Å². The molecular formula is C23H23N3O2S2. The second-order valence-corrected chi connectivity index (χ2v) is 9.76. The number of aromatic amines is 1. The van der Waals surface area contributed by atoms with E-state index >= 15 is 0 Å². The Balaban J connectivity index is 1.19. The molecule has 0 radical (unpaired) electrons. The lowest BCUT2D eigenvalue weighted by atomic mass is 9.97. The number of fused-ring (bicyclic) bond motifs is 4. The van der Waals surface area contributed by atoms with Crippen LogP contribution in [0.5, 0.6) is 0 Å². The molecule has 3 heterocycles. The van der Waals surface area contributed by atoms with Crippen LogP contribution in [0.25, 0.3) is 20.3 Å². The van der Waals surface area contributed by atoms with Crippen LogP contribution in [-0.4, -0.2) is 22.4 Å². The highest BCUT2D eigenvalue weighted by molar-refractivity contribution is 7.18. The van der Waals surface area contributed by atoms with Crippen LogP contribution >= 0.6 is 22.7 Å². The van der Waals surface area contributed by atoms with Crippen LogP contribution < -0.4 is 10.9 Å². The van der Waals surface area contributed by atoms with Gasteiger partial charge in [0.15, 0.2) is 0 Å². The quantitative estimate of drug-likeness (QED) is 0.470. The summed E-state index contributed by atoms with van der Waals surface area (Å²) in [5.74, 6) is 0.591. The highest BCUT2D eigenvalue weighted by Gasteiger charge is 2.19. The van der Waals surface area contributed by atoms with Crippen LogP contribution in [0.15, 0.2) is 34.4 Å². The zero-order valence-electron chi connectivity index (χ0n) is 16.6. The van der Waals surface area contributed by atoms with E-state index in [-0.39, 0.29) is 11.5 Å². The number of hydrogen-bond donors (Lipinski definition) is 2. The Hall–Kier alpha value is -2.51. The molecule has 5 nitrogen and oxygen atoms in total. The Morgan fingerprint density at radius 3 is 2.97 bits per heavy atom. The predicted octanol–water partition coefficient (Wildman–Crippen LogP) is 4.37. The molecule has 1 aromatic carbocycles. The maximum absolute atomic E-state index is 12.6. The first-order valence-corrected chi connectivity index (χ1v) is 12.1.